The highest BCUT2D eigenvalue weighted by atomic mass is 32.1. The number of ether oxygens (including phenoxy) is 1. The van der Waals surface area contributed by atoms with Crippen LogP contribution in [0.5, 0.6) is 11.5 Å². The average Bonchev–Trinajstić information content (AvgIpc) is 2.94. The highest BCUT2D eigenvalue weighted by molar-refractivity contribution is 7.53. The van der Waals surface area contributed by atoms with Gasteiger partial charge in [-0.3, -0.25) is 4.57 Å². The highest BCUT2D eigenvalue weighted by Gasteiger charge is 2.30. The van der Waals surface area contributed by atoms with Crippen molar-refractivity contribution < 1.29 is 24.2 Å². The second-order valence-corrected chi connectivity index (χ2v) is 7.12. The second-order valence-electron chi connectivity index (χ2n) is 4.52. The summed E-state index contributed by atoms with van der Waals surface area (Å²) < 4.78 is 16.8. The summed E-state index contributed by atoms with van der Waals surface area (Å²) in [5.41, 5.74) is -0.485. The number of phenolic OH excluding ortho intramolecular Hbond substituents is 1. The van der Waals surface area contributed by atoms with Crippen LogP contribution in [-0.2, 0) is 4.57 Å². The van der Waals surface area contributed by atoms with Crippen LogP contribution in [0.15, 0.2) is 28.7 Å². The lowest BCUT2D eigenvalue weighted by Gasteiger charge is -2.17. The van der Waals surface area contributed by atoms with E-state index in [1.165, 1.54) is 36.8 Å². The van der Waals surface area contributed by atoms with Gasteiger partial charge in [0.25, 0.3) is 0 Å². The quantitative estimate of drug-likeness (QED) is 0.569. The predicted octanol–water partition coefficient (Wildman–Crippen LogP) is 2.79. The Morgan fingerprint density at radius 2 is 2.18 bits per heavy atom. The first-order valence-electron chi connectivity index (χ1n) is 6.19. The summed E-state index contributed by atoms with van der Waals surface area (Å²) >= 11 is 1.26. The predicted molar refractivity (Wildman–Crippen MR) is 84.4 cm³/mol. The first kappa shape index (κ1) is 16.6. The van der Waals surface area contributed by atoms with Gasteiger partial charge in [0, 0.05) is 17.8 Å². The normalized spacial score (nSPS) is 13.5. The minimum absolute atomic E-state index is 0.0624. The van der Waals surface area contributed by atoms with Crippen molar-refractivity contribution in [3.8, 4) is 11.5 Å². The summed E-state index contributed by atoms with van der Waals surface area (Å²) in [5.74, 6) is 0.0867. The Morgan fingerprint density at radius 1 is 1.45 bits per heavy atom. The molecule has 0 radical (unpaired) electrons. The van der Waals surface area contributed by atoms with Crippen molar-refractivity contribution in [3.05, 3.63) is 34.8 Å². The lowest BCUT2D eigenvalue weighted by molar-refractivity contribution is 0.365. The number of phenols is 1. The van der Waals surface area contributed by atoms with Crippen LogP contribution >= 0.6 is 18.9 Å². The van der Waals surface area contributed by atoms with E-state index < -0.39 is 13.3 Å². The van der Waals surface area contributed by atoms with Gasteiger partial charge in [-0.05, 0) is 24.1 Å². The van der Waals surface area contributed by atoms with E-state index in [-0.39, 0.29) is 11.5 Å². The van der Waals surface area contributed by atoms with Crippen molar-refractivity contribution in [2.24, 2.45) is 4.99 Å². The molecule has 0 spiro atoms. The number of nitrogens with zero attached hydrogens (tertiary/aromatic N) is 2. The van der Waals surface area contributed by atoms with Gasteiger partial charge < -0.3 is 19.6 Å². The Morgan fingerprint density at radius 3 is 2.73 bits per heavy atom. The molecule has 3 N–H and O–H groups in total. The van der Waals surface area contributed by atoms with Crippen LogP contribution in [0.25, 0.3) is 0 Å². The molecule has 0 amide bonds. The van der Waals surface area contributed by atoms with Crippen molar-refractivity contribution in [1.82, 2.24) is 4.98 Å². The fourth-order valence-electron chi connectivity index (χ4n) is 1.88. The molecule has 0 saturated heterocycles. The summed E-state index contributed by atoms with van der Waals surface area (Å²) in [4.78, 5) is 27.1. The zero-order valence-electron chi connectivity index (χ0n) is 11.9. The molecular formula is C13H15N2O5PS. The third kappa shape index (κ3) is 3.72. The monoisotopic (exact) mass is 342 g/mol. The molecule has 0 saturated carbocycles. The van der Waals surface area contributed by atoms with Crippen LogP contribution < -0.4 is 4.74 Å². The first-order valence-corrected chi connectivity index (χ1v) is 8.75. The Bertz CT molecular complexity index is 726. The highest BCUT2D eigenvalue weighted by Crippen LogP contribution is 2.52. The Hall–Kier alpha value is -1.73. The van der Waals surface area contributed by atoms with E-state index in [1.54, 1.807) is 18.5 Å². The molecule has 1 unspecified atom stereocenters. The molecule has 2 aromatic rings. The first-order chi connectivity index (χ1) is 10.3. The number of hydrogen-bond acceptors (Lipinski definition) is 6. The van der Waals surface area contributed by atoms with E-state index in [0.717, 1.165) is 0 Å². The smallest absolute Gasteiger partial charge is 0.338 e. The molecule has 1 aromatic carbocycles. The summed E-state index contributed by atoms with van der Waals surface area (Å²) in [7, 11) is -3.12. The van der Waals surface area contributed by atoms with Crippen molar-refractivity contribution in [3.63, 3.8) is 0 Å². The van der Waals surface area contributed by atoms with Gasteiger partial charge >= 0.3 is 7.60 Å². The van der Waals surface area contributed by atoms with E-state index in [0.29, 0.717) is 16.3 Å². The van der Waals surface area contributed by atoms with Gasteiger partial charge in [0.2, 0.25) is 5.13 Å². The Balaban J connectivity index is 2.47. The summed E-state index contributed by atoms with van der Waals surface area (Å²) in [6, 6.07) is 2.88. The van der Waals surface area contributed by atoms with Crippen LogP contribution in [-0.4, -0.2) is 33.2 Å². The van der Waals surface area contributed by atoms with E-state index >= 15 is 0 Å². The largest absolute Gasteiger partial charge is 0.504 e. The van der Waals surface area contributed by atoms with Gasteiger partial charge in [0.05, 0.1) is 7.11 Å². The molecule has 1 heterocycles. The molecule has 0 aliphatic heterocycles. The van der Waals surface area contributed by atoms with E-state index in [2.05, 4.69) is 9.98 Å². The minimum Gasteiger partial charge on any atom is -0.504 e. The number of thiazole rings is 1. The minimum atomic E-state index is -4.49. The Kier molecular flexibility index (Phi) is 4.97. The zero-order valence-corrected chi connectivity index (χ0v) is 13.6. The molecule has 1 atom stereocenters. The fourth-order valence-corrected chi connectivity index (χ4v) is 3.15. The van der Waals surface area contributed by atoms with Gasteiger partial charge in [0.1, 0.15) is 5.66 Å². The summed E-state index contributed by atoms with van der Waals surface area (Å²) in [6.45, 7) is 1.62. The van der Waals surface area contributed by atoms with Gasteiger partial charge in [-0.1, -0.05) is 6.07 Å². The topological polar surface area (TPSA) is 112 Å². The number of benzene rings is 1. The number of aliphatic imine (C=N–C) groups is 1. The molecule has 0 bridgehead atoms. The van der Waals surface area contributed by atoms with E-state index in [1.807, 2.05) is 0 Å². The van der Waals surface area contributed by atoms with Crippen molar-refractivity contribution in [1.29, 1.82) is 0 Å². The number of rotatable bonds is 5. The molecule has 22 heavy (non-hydrogen) atoms. The maximum Gasteiger partial charge on any atom is 0.338 e. The van der Waals surface area contributed by atoms with E-state index in [9.17, 15) is 19.5 Å². The molecule has 0 aliphatic rings. The SMILES string of the molecule is COc1cc(C(C=Nc2nccs2)P(=O)(O)O)cc(C)c1O. The maximum absolute atomic E-state index is 11.8. The Labute approximate surface area is 131 Å². The lowest BCUT2D eigenvalue weighted by atomic mass is 10.1. The van der Waals surface area contributed by atoms with Crippen LogP contribution in [0.4, 0.5) is 5.13 Å². The molecule has 0 fully saturated rings. The summed E-state index contributed by atoms with van der Waals surface area (Å²) in [5, 5.41) is 11.9. The molecule has 1 aromatic heterocycles. The number of hydrogen-bond donors (Lipinski definition) is 3. The van der Waals surface area contributed by atoms with Crippen LogP contribution in [0.3, 0.4) is 0 Å². The van der Waals surface area contributed by atoms with Crippen molar-refractivity contribution in [2.45, 2.75) is 12.6 Å². The standard InChI is InChI=1S/C13H15N2O5PS/c1-8-5-9(6-10(20-2)12(8)16)11(21(17,18)19)7-15-13-14-3-4-22-13/h3-7,11,16H,1-2H3,(H2,17,18,19). The average molecular weight is 342 g/mol. The van der Waals surface area contributed by atoms with Gasteiger partial charge in [-0.15, -0.1) is 11.3 Å². The van der Waals surface area contributed by atoms with Crippen molar-refractivity contribution in [2.75, 3.05) is 7.11 Å². The second kappa shape index (κ2) is 6.58. The molecular weight excluding hydrogens is 327 g/mol. The third-order valence-electron chi connectivity index (χ3n) is 2.96. The third-order valence-corrected chi connectivity index (χ3v) is 4.79. The number of methoxy groups -OCH3 is 1. The molecule has 7 nitrogen and oxygen atoms in total. The molecule has 0 aliphatic carbocycles. The molecule has 2 rings (SSSR count). The van der Waals surface area contributed by atoms with Gasteiger partial charge in [-0.2, -0.15) is 0 Å². The lowest BCUT2D eigenvalue weighted by Crippen LogP contribution is -2.03. The van der Waals surface area contributed by atoms with Crippen LogP contribution in [0.2, 0.25) is 0 Å². The zero-order chi connectivity index (χ0) is 16.3. The molecule has 9 heteroatoms. The van der Waals surface area contributed by atoms with Gasteiger partial charge in [0.15, 0.2) is 11.5 Å². The number of aryl methyl sites for hydroxylation is 1. The summed E-state index contributed by atoms with van der Waals surface area (Å²) in [6.07, 6.45) is 2.72. The van der Waals surface area contributed by atoms with Crippen molar-refractivity contribution >= 4 is 30.3 Å². The van der Waals surface area contributed by atoms with Crippen LogP contribution in [0.1, 0.15) is 16.8 Å². The maximum atomic E-state index is 11.8. The van der Waals surface area contributed by atoms with Crippen LogP contribution in [0, 0.1) is 6.92 Å². The van der Waals surface area contributed by atoms with Gasteiger partial charge in [-0.25, -0.2) is 9.98 Å². The van der Waals surface area contributed by atoms with E-state index in [4.69, 9.17) is 4.74 Å². The number of aromatic nitrogens is 1. The fraction of sp³-hybridized carbons (Fsp3) is 0.231. The number of aromatic hydroxyl groups is 1. The molecule has 118 valence electrons.